The number of nitrogens with zero attached hydrogens (tertiary/aromatic N) is 3. The molecule has 2 fully saturated rings. The van der Waals surface area contributed by atoms with Gasteiger partial charge in [0, 0.05) is 13.0 Å². The van der Waals surface area contributed by atoms with E-state index in [1.165, 1.54) is 12.8 Å². The maximum Gasteiger partial charge on any atom is 0.240 e. The summed E-state index contributed by atoms with van der Waals surface area (Å²) in [5.41, 5.74) is 0. The summed E-state index contributed by atoms with van der Waals surface area (Å²) in [5, 5.41) is 6.71. The second-order valence-corrected chi connectivity index (χ2v) is 5.06. The summed E-state index contributed by atoms with van der Waals surface area (Å²) in [6, 6.07) is -0.0497. The lowest BCUT2D eigenvalue weighted by atomic mass is 10.2. The fourth-order valence-corrected chi connectivity index (χ4v) is 2.49. The third-order valence-corrected chi connectivity index (χ3v) is 3.68. The van der Waals surface area contributed by atoms with Crippen molar-refractivity contribution in [3.8, 4) is 0 Å². The molecule has 6 heteroatoms. The number of amides is 1. The van der Waals surface area contributed by atoms with Gasteiger partial charge < -0.3 is 9.84 Å². The van der Waals surface area contributed by atoms with Crippen LogP contribution in [0.5, 0.6) is 0 Å². The smallest absolute Gasteiger partial charge is 0.240 e. The van der Waals surface area contributed by atoms with Crippen molar-refractivity contribution >= 4 is 5.91 Å². The quantitative estimate of drug-likeness (QED) is 0.850. The van der Waals surface area contributed by atoms with Crippen LogP contribution < -0.4 is 5.32 Å². The Morgan fingerprint density at radius 3 is 3.06 bits per heavy atom. The lowest BCUT2D eigenvalue weighted by Gasteiger charge is -2.20. The second-order valence-electron chi connectivity index (χ2n) is 5.06. The van der Waals surface area contributed by atoms with Gasteiger partial charge in [-0.3, -0.25) is 9.69 Å². The normalized spacial score (nSPS) is 24.4. The van der Waals surface area contributed by atoms with Crippen LogP contribution in [0, 0.1) is 0 Å². The van der Waals surface area contributed by atoms with Crippen LogP contribution in [0.25, 0.3) is 0 Å². The summed E-state index contributed by atoms with van der Waals surface area (Å²) in [4.78, 5) is 18.2. The fourth-order valence-electron chi connectivity index (χ4n) is 2.49. The van der Waals surface area contributed by atoms with Crippen molar-refractivity contribution in [1.82, 2.24) is 20.4 Å². The van der Waals surface area contributed by atoms with Crippen LogP contribution in [-0.4, -0.2) is 40.6 Å². The number of rotatable bonds is 4. The lowest BCUT2D eigenvalue weighted by molar-refractivity contribution is -0.125. The van der Waals surface area contributed by atoms with Crippen LogP contribution in [0.2, 0.25) is 0 Å². The molecule has 2 aliphatic rings. The molecule has 1 atom stereocenters. The van der Waals surface area contributed by atoms with Crippen LogP contribution in [0.3, 0.4) is 0 Å². The van der Waals surface area contributed by atoms with E-state index in [-0.39, 0.29) is 11.9 Å². The molecular weight excluding hydrogens is 232 g/mol. The molecule has 6 nitrogen and oxygen atoms in total. The lowest BCUT2D eigenvalue weighted by Crippen LogP contribution is -2.41. The second kappa shape index (κ2) is 4.68. The van der Waals surface area contributed by atoms with Gasteiger partial charge in [-0.25, -0.2) is 0 Å². The van der Waals surface area contributed by atoms with E-state index in [0.717, 1.165) is 25.2 Å². The van der Waals surface area contributed by atoms with Gasteiger partial charge in [0.2, 0.25) is 11.8 Å². The van der Waals surface area contributed by atoms with Gasteiger partial charge in [-0.2, -0.15) is 4.98 Å². The van der Waals surface area contributed by atoms with Crippen LogP contribution in [0.15, 0.2) is 4.52 Å². The molecule has 1 amide bonds. The minimum atomic E-state index is -0.0497. The third-order valence-electron chi connectivity index (χ3n) is 3.68. The van der Waals surface area contributed by atoms with Gasteiger partial charge in [0.1, 0.15) is 0 Å². The molecule has 98 valence electrons. The van der Waals surface area contributed by atoms with Gasteiger partial charge in [0.05, 0.1) is 12.6 Å². The number of hydrogen-bond acceptors (Lipinski definition) is 5. The number of likely N-dealkylation sites (tertiary alicyclic amines) is 1. The highest BCUT2D eigenvalue weighted by Gasteiger charge is 2.32. The third kappa shape index (κ3) is 2.25. The molecule has 1 aliphatic carbocycles. The van der Waals surface area contributed by atoms with Crippen LogP contribution in [-0.2, 0) is 11.3 Å². The van der Waals surface area contributed by atoms with E-state index in [2.05, 4.69) is 20.4 Å². The molecule has 1 aromatic heterocycles. The summed E-state index contributed by atoms with van der Waals surface area (Å²) in [6.07, 6.45) is 4.29. The van der Waals surface area contributed by atoms with E-state index in [1.807, 2.05) is 0 Å². The van der Waals surface area contributed by atoms with Crippen molar-refractivity contribution in [1.29, 1.82) is 0 Å². The first-order valence-corrected chi connectivity index (χ1v) is 6.56. The molecule has 0 bridgehead atoms. The van der Waals surface area contributed by atoms with Crippen molar-refractivity contribution in [2.75, 3.05) is 13.6 Å². The maximum absolute atomic E-state index is 11.7. The Kier molecular flexibility index (Phi) is 3.03. The van der Waals surface area contributed by atoms with E-state index in [0.29, 0.717) is 18.4 Å². The number of likely N-dealkylation sites (N-methyl/N-ethyl adjacent to an activating group) is 1. The zero-order valence-corrected chi connectivity index (χ0v) is 10.6. The minimum absolute atomic E-state index is 0.0497. The molecule has 18 heavy (non-hydrogen) atoms. The molecule has 1 saturated carbocycles. The number of carbonyl (C=O) groups is 1. The largest absolute Gasteiger partial charge is 0.358 e. The van der Waals surface area contributed by atoms with Gasteiger partial charge in [-0.1, -0.05) is 5.16 Å². The van der Waals surface area contributed by atoms with Crippen molar-refractivity contribution in [3.63, 3.8) is 0 Å². The molecule has 1 N–H and O–H groups in total. The first-order chi connectivity index (χ1) is 8.78. The number of hydrogen-bond donors (Lipinski definition) is 1. The molecular formula is C12H18N4O2. The van der Waals surface area contributed by atoms with Gasteiger partial charge in [0.15, 0.2) is 5.82 Å². The van der Waals surface area contributed by atoms with Crippen molar-refractivity contribution < 1.29 is 9.32 Å². The summed E-state index contributed by atoms with van der Waals surface area (Å²) in [5.74, 6) is 2.05. The van der Waals surface area contributed by atoms with Gasteiger partial charge in [0.25, 0.3) is 0 Å². The Bertz CT molecular complexity index is 441. The summed E-state index contributed by atoms with van der Waals surface area (Å²) in [7, 11) is 1.68. The molecule has 3 rings (SSSR count). The van der Waals surface area contributed by atoms with Gasteiger partial charge in [-0.05, 0) is 32.2 Å². The predicted octanol–water partition coefficient (Wildman–Crippen LogP) is 0.657. The van der Waals surface area contributed by atoms with Crippen molar-refractivity contribution in [3.05, 3.63) is 11.7 Å². The zero-order chi connectivity index (χ0) is 12.5. The number of carbonyl (C=O) groups excluding carboxylic acids is 1. The van der Waals surface area contributed by atoms with Crippen molar-refractivity contribution in [2.24, 2.45) is 0 Å². The zero-order valence-electron chi connectivity index (χ0n) is 10.6. The van der Waals surface area contributed by atoms with Crippen LogP contribution in [0.4, 0.5) is 0 Å². The first-order valence-electron chi connectivity index (χ1n) is 6.56. The number of nitrogens with one attached hydrogen (secondary N) is 1. The molecule has 0 radical (unpaired) electrons. The first kappa shape index (κ1) is 11.6. The molecule has 1 aromatic rings. The highest BCUT2D eigenvalue weighted by atomic mass is 16.5. The van der Waals surface area contributed by atoms with E-state index in [9.17, 15) is 4.79 Å². The SMILES string of the molecule is CNC(=O)[C@H]1CCCN1Cc1nc(C2CC2)no1. The van der Waals surface area contributed by atoms with Gasteiger partial charge in [-0.15, -0.1) is 0 Å². The predicted molar refractivity (Wildman–Crippen MR) is 63.8 cm³/mol. The Hall–Kier alpha value is -1.43. The highest BCUT2D eigenvalue weighted by Crippen LogP contribution is 2.38. The van der Waals surface area contributed by atoms with E-state index in [1.54, 1.807) is 7.05 Å². The molecule has 2 heterocycles. The average molecular weight is 250 g/mol. The Morgan fingerprint density at radius 1 is 1.50 bits per heavy atom. The van der Waals surface area contributed by atoms with Crippen LogP contribution >= 0.6 is 0 Å². The summed E-state index contributed by atoms with van der Waals surface area (Å²) in [6.45, 7) is 1.50. The molecule has 0 unspecified atom stereocenters. The van der Waals surface area contributed by atoms with E-state index in [4.69, 9.17) is 4.52 Å². The molecule has 1 aliphatic heterocycles. The highest BCUT2D eigenvalue weighted by molar-refractivity contribution is 5.81. The minimum Gasteiger partial charge on any atom is -0.358 e. The number of aromatic nitrogens is 2. The Balaban J connectivity index is 1.65. The standard InChI is InChI=1S/C12H18N4O2/c1-13-12(17)9-3-2-6-16(9)7-10-14-11(15-18-10)8-4-5-8/h8-9H,2-7H2,1H3,(H,13,17)/t9-/m1/s1. The topological polar surface area (TPSA) is 71.3 Å². The molecule has 0 aromatic carbocycles. The monoisotopic (exact) mass is 250 g/mol. The Morgan fingerprint density at radius 2 is 2.33 bits per heavy atom. The summed E-state index contributed by atoms with van der Waals surface area (Å²) >= 11 is 0. The maximum atomic E-state index is 11.7. The van der Waals surface area contributed by atoms with Crippen molar-refractivity contribution in [2.45, 2.75) is 44.2 Å². The summed E-state index contributed by atoms with van der Waals surface area (Å²) < 4.78 is 5.26. The Labute approximate surface area is 106 Å². The van der Waals surface area contributed by atoms with E-state index < -0.39 is 0 Å². The van der Waals surface area contributed by atoms with Gasteiger partial charge >= 0.3 is 0 Å². The molecule has 1 saturated heterocycles. The molecule has 0 spiro atoms. The van der Waals surface area contributed by atoms with E-state index >= 15 is 0 Å². The van der Waals surface area contributed by atoms with Crippen LogP contribution in [0.1, 0.15) is 43.3 Å². The average Bonchev–Trinajstić information content (AvgIpc) is 2.96. The fraction of sp³-hybridized carbons (Fsp3) is 0.750.